The number of rotatable bonds is 5. The third-order valence-electron chi connectivity index (χ3n) is 2.84. The van der Waals surface area contributed by atoms with Crippen LogP contribution in [0.1, 0.15) is 24.5 Å². The summed E-state index contributed by atoms with van der Waals surface area (Å²) >= 11 is 0. The quantitative estimate of drug-likeness (QED) is 0.785. The molecule has 0 aromatic heterocycles. The van der Waals surface area contributed by atoms with Crippen LogP contribution in [0.4, 0.5) is 18.9 Å². The number of nitrogens with zero attached hydrogens (tertiary/aromatic N) is 2. The number of hydrogen-bond acceptors (Lipinski definition) is 4. The average Bonchev–Trinajstić information content (AvgIpc) is 2.44. The average molecular weight is 300 g/mol. The van der Waals surface area contributed by atoms with Crippen LogP contribution in [-0.4, -0.2) is 26.2 Å². The Bertz CT molecular complexity index is 550. The lowest BCUT2D eigenvalue weighted by atomic mass is 10.1. The van der Waals surface area contributed by atoms with Gasteiger partial charge in [-0.3, -0.25) is 4.79 Å². The van der Waals surface area contributed by atoms with Gasteiger partial charge in [-0.25, -0.2) is 0 Å². The number of halogens is 3. The van der Waals surface area contributed by atoms with Gasteiger partial charge < -0.3 is 9.64 Å². The molecule has 0 bridgehead atoms. The highest BCUT2D eigenvalue weighted by molar-refractivity contribution is 5.76. The summed E-state index contributed by atoms with van der Waals surface area (Å²) in [6.07, 6.45) is -3.89. The maximum Gasteiger partial charge on any atom is 0.417 e. The molecular weight excluding hydrogens is 285 g/mol. The summed E-state index contributed by atoms with van der Waals surface area (Å²) in [5.41, 5.74) is -1.07. The van der Waals surface area contributed by atoms with Gasteiger partial charge in [0.05, 0.1) is 24.3 Å². The summed E-state index contributed by atoms with van der Waals surface area (Å²) in [6.45, 7) is 2.26. The number of benzene rings is 1. The van der Waals surface area contributed by atoms with E-state index in [4.69, 9.17) is 5.26 Å². The number of carbonyl (C=O) groups excluding carboxylic acids is 1. The molecule has 0 atom stereocenters. The number of esters is 1. The van der Waals surface area contributed by atoms with Gasteiger partial charge >= 0.3 is 12.1 Å². The molecule has 0 fully saturated rings. The Hall–Kier alpha value is -2.23. The van der Waals surface area contributed by atoms with Gasteiger partial charge in [-0.05, 0) is 24.6 Å². The first kappa shape index (κ1) is 16.8. The summed E-state index contributed by atoms with van der Waals surface area (Å²) < 4.78 is 42.8. The Labute approximate surface area is 120 Å². The number of nitriles is 1. The first-order chi connectivity index (χ1) is 9.83. The Morgan fingerprint density at radius 1 is 1.43 bits per heavy atom. The molecule has 4 nitrogen and oxygen atoms in total. The third kappa shape index (κ3) is 4.38. The zero-order valence-electron chi connectivity index (χ0n) is 11.7. The van der Waals surface area contributed by atoms with Crippen molar-refractivity contribution in [2.75, 3.05) is 25.1 Å². The van der Waals surface area contributed by atoms with E-state index in [0.29, 0.717) is 18.7 Å². The van der Waals surface area contributed by atoms with Crippen molar-refractivity contribution in [1.29, 1.82) is 5.26 Å². The molecule has 0 saturated carbocycles. The van der Waals surface area contributed by atoms with E-state index >= 15 is 0 Å². The number of alkyl halides is 3. The summed E-state index contributed by atoms with van der Waals surface area (Å²) in [6, 6.07) is 4.79. The van der Waals surface area contributed by atoms with Gasteiger partial charge in [0.1, 0.15) is 6.54 Å². The fourth-order valence-corrected chi connectivity index (χ4v) is 1.86. The van der Waals surface area contributed by atoms with E-state index in [9.17, 15) is 18.0 Å². The van der Waals surface area contributed by atoms with E-state index < -0.39 is 23.3 Å². The second-order valence-electron chi connectivity index (χ2n) is 4.34. The molecule has 0 radical (unpaired) electrons. The Morgan fingerprint density at radius 2 is 2.10 bits per heavy atom. The van der Waals surface area contributed by atoms with Gasteiger partial charge in [0.25, 0.3) is 0 Å². The SMILES string of the molecule is CCCN(CC(=O)OC)c1ccc(C(F)(F)F)c(C#N)c1. The zero-order valence-corrected chi connectivity index (χ0v) is 11.7. The van der Waals surface area contributed by atoms with Crippen molar-refractivity contribution in [2.24, 2.45) is 0 Å². The highest BCUT2D eigenvalue weighted by atomic mass is 19.4. The van der Waals surface area contributed by atoms with E-state index in [1.54, 1.807) is 11.0 Å². The molecule has 0 saturated heterocycles. The summed E-state index contributed by atoms with van der Waals surface area (Å²) in [5.74, 6) is -0.498. The minimum Gasteiger partial charge on any atom is -0.468 e. The van der Waals surface area contributed by atoms with Crippen LogP contribution in [0.25, 0.3) is 0 Å². The molecule has 0 unspecified atom stereocenters. The smallest absolute Gasteiger partial charge is 0.417 e. The van der Waals surface area contributed by atoms with Crippen LogP contribution >= 0.6 is 0 Å². The van der Waals surface area contributed by atoms with Crippen molar-refractivity contribution in [2.45, 2.75) is 19.5 Å². The third-order valence-corrected chi connectivity index (χ3v) is 2.84. The lowest BCUT2D eigenvalue weighted by molar-refractivity contribution is -0.139. The van der Waals surface area contributed by atoms with Crippen LogP contribution in [0.15, 0.2) is 18.2 Å². The number of methoxy groups -OCH3 is 1. The van der Waals surface area contributed by atoms with Crippen LogP contribution in [-0.2, 0) is 15.7 Å². The molecule has 1 rings (SSSR count). The Balaban J connectivity index is 3.16. The van der Waals surface area contributed by atoms with Gasteiger partial charge in [-0.1, -0.05) is 6.92 Å². The number of hydrogen-bond donors (Lipinski definition) is 0. The van der Waals surface area contributed by atoms with Crippen LogP contribution in [0.2, 0.25) is 0 Å². The van der Waals surface area contributed by atoms with Gasteiger partial charge in [-0.15, -0.1) is 0 Å². The molecule has 0 spiro atoms. The fourth-order valence-electron chi connectivity index (χ4n) is 1.86. The monoisotopic (exact) mass is 300 g/mol. The van der Waals surface area contributed by atoms with Gasteiger partial charge in [0, 0.05) is 12.2 Å². The van der Waals surface area contributed by atoms with E-state index in [1.165, 1.54) is 13.2 Å². The molecule has 1 aromatic carbocycles. The van der Waals surface area contributed by atoms with Gasteiger partial charge in [0.2, 0.25) is 0 Å². The minimum atomic E-state index is -4.58. The van der Waals surface area contributed by atoms with E-state index in [-0.39, 0.29) is 6.54 Å². The van der Waals surface area contributed by atoms with E-state index in [2.05, 4.69) is 4.74 Å². The predicted octanol–water partition coefficient (Wildman–Crippen LogP) is 2.97. The number of anilines is 1. The van der Waals surface area contributed by atoms with Crippen molar-refractivity contribution in [3.05, 3.63) is 29.3 Å². The summed E-state index contributed by atoms with van der Waals surface area (Å²) in [7, 11) is 1.24. The maximum atomic E-state index is 12.7. The first-order valence-corrected chi connectivity index (χ1v) is 6.26. The van der Waals surface area contributed by atoms with Gasteiger partial charge in [-0.2, -0.15) is 18.4 Å². The largest absolute Gasteiger partial charge is 0.468 e. The van der Waals surface area contributed by atoms with Crippen LogP contribution < -0.4 is 4.90 Å². The lowest BCUT2D eigenvalue weighted by Crippen LogP contribution is -2.31. The molecule has 0 aliphatic rings. The van der Waals surface area contributed by atoms with Crippen LogP contribution in [0.5, 0.6) is 0 Å². The maximum absolute atomic E-state index is 12.7. The van der Waals surface area contributed by atoms with E-state index in [0.717, 1.165) is 12.1 Å². The summed E-state index contributed by atoms with van der Waals surface area (Å²) in [5, 5.41) is 8.89. The minimum absolute atomic E-state index is 0.0828. The van der Waals surface area contributed by atoms with E-state index in [1.807, 2.05) is 6.92 Å². The van der Waals surface area contributed by atoms with Gasteiger partial charge in [0.15, 0.2) is 0 Å². The van der Waals surface area contributed by atoms with Crippen LogP contribution in [0, 0.1) is 11.3 Å². The molecular formula is C14H15F3N2O2. The number of ether oxygens (including phenoxy) is 1. The molecule has 0 aliphatic heterocycles. The highest BCUT2D eigenvalue weighted by Crippen LogP contribution is 2.33. The normalized spacial score (nSPS) is 10.9. The van der Waals surface area contributed by atoms with Crippen molar-refractivity contribution in [3.8, 4) is 6.07 Å². The Morgan fingerprint density at radius 3 is 2.57 bits per heavy atom. The molecule has 0 amide bonds. The van der Waals surface area contributed by atoms with Crippen LogP contribution in [0.3, 0.4) is 0 Å². The number of carbonyl (C=O) groups is 1. The molecule has 1 aromatic rings. The lowest BCUT2D eigenvalue weighted by Gasteiger charge is -2.23. The predicted molar refractivity (Wildman–Crippen MR) is 70.7 cm³/mol. The second kappa shape index (κ2) is 6.97. The standard InChI is InChI=1S/C14H15F3N2O2/c1-3-6-19(9-13(20)21-2)11-4-5-12(14(15,16)17)10(7-11)8-18/h4-5,7H,3,6,9H2,1-2H3. The zero-order chi connectivity index (χ0) is 16.0. The molecule has 7 heteroatoms. The first-order valence-electron chi connectivity index (χ1n) is 6.26. The Kier molecular flexibility index (Phi) is 5.59. The molecule has 114 valence electrons. The molecule has 0 aliphatic carbocycles. The molecule has 0 heterocycles. The van der Waals surface area contributed by atoms with Crippen molar-refractivity contribution < 1.29 is 22.7 Å². The summed E-state index contributed by atoms with van der Waals surface area (Å²) in [4.78, 5) is 12.9. The highest BCUT2D eigenvalue weighted by Gasteiger charge is 2.33. The topological polar surface area (TPSA) is 53.3 Å². The van der Waals surface area contributed by atoms with Crippen molar-refractivity contribution >= 4 is 11.7 Å². The molecule has 21 heavy (non-hydrogen) atoms. The fraction of sp³-hybridized carbons (Fsp3) is 0.429. The van der Waals surface area contributed by atoms with Crippen molar-refractivity contribution in [1.82, 2.24) is 0 Å². The molecule has 0 N–H and O–H groups in total. The second-order valence-corrected chi connectivity index (χ2v) is 4.34. The van der Waals surface area contributed by atoms with Crippen molar-refractivity contribution in [3.63, 3.8) is 0 Å².